The minimum atomic E-state index is -0.0399. The second kappa shape index (κ2) is 5.69. The number of nitrogens with one attached hydrogen (secondary N) is 2. The second-order valence-corrected chi connectivity index (χ2v) is 5.31. The van der Waals surface area contributed by atoms with Crippen molar-refractivity contribution in [3.63, 3.8) is 0 Å². The van der Waals surface area contributed by atoms with Crippen molar-refractivity contribution in [2.45, 2.75) is 31.8 Å². The molecule has 0 aromatic rings. The molecule has 0 spiro atoms. The Balaban J connectivity index is 1.73. The zero-order valence-electron chi connectivity index (χ0n) is 10.7. The number of piperidine rings is 1. The molecule has 0 bridgehead atoms. The van der Waals surface area contributed by atoms with Gasteiger partial charge in [0, 0.05) is 19.2 Å². The van der Waals surface area contributed by atoms with Crippen LogP contribution in [0.15, 0.2) is 0 Å². The molecule has 3 atom stereocenters. The molecule has 2 N–H and O–H groups in total. The van der Waals surface area contributed by atoms with Crippen LogP contribution in [0.4, 0.5) is 4.79 Å². The van der Waals surface area contributed by atoms with E-state index in [0.717, 1.165) is 32.5 Å². The lowest BCUT2D eigenvalue weighted by atomic mass is 9.94. The first-order chi connectivity index (χ1) is 8.15. The molecule has 2 saturated heterocycles. The van der Waals surface area contributed by atoms with E-state index in [1.54, 1.807) is 0 Å². The molecule has 2 amide bonds. The third-order valence-electron chi connectivity index (χ3n) is 3.69. The maximum absolute atomic E-state index is 11.8. The van der Waals surface area contributed by atoms with Crippen molar-refractivity contribution in [1.29, 1.82) is 0 Å². The number of carbonyl (C=O) groups excluding carboxylic acids is 1. The van der Waals surface area contributed by atoms with Crippen LogP contribution < -0.4 is 10.6 Å². The minimum absolute atomic E-state index is 0.0399. The summed E-state index contributed by atoms with van der Waals surface area (Å²) in [4.78, 5) is 14.1. The highest BCUT2D eigenvalue weighted by Crippen LogP contribution is 2.15. The standard InChI is InChI=1S/C12H23N3O2/c1-9-7-15(2)5-3-11(9)14-12(16)13-10-4-6-17-8-10/h9-11H,3-8H2,1-2H3,(H2,13,14,16). The Kier molecular flexibility index (Phi) is 4.23. The van der Waals surface area contributed by atoms with Gasteiger partial charge in [-0.2, -0.15) is 0 Å². The Morgan fingerprint density at radius 2 is 2.18 bits per heavy atom. The number of hydrogen-bond acceptors (Lipinski definition) is 3. The summed E-state index contributed by atoms with van der Waals surface area (Å²) in [5.41, 5.74) is 0. The predicted molar refractivity (Wildman–Crippen MR) is 66.0 cm³/mol. The fourth-order valence-electron chi connectivity index (χ4n) is 2.61. The Labute approximate surface area is 103 Å². The summed E-state index contributed by atoms with van der Waals surface area (Å²) in [6, 6.07) is 0.451. The highest BCUT2D eigenvalue weighted by Gasteiger charge is 2.26. The molecule has 2 rings (SSSR count). The highest BCUT2D eigenvalue weighted by atomic mass is 16.5. The predicted octanol–water partition coefficient (Wildman–Crippen LogP) is 0.415. The van der Waals surface area contributed by atoms with Crippen molar-refractivity contribution in [3.05, 3.63) is 0 Å². The van der Waals surface area contributed by atoms with Gasteiger partial charge in [0.2, 0.25) is 0 Å². The molecule has 17 heavy (non-hydrogen) atoms. The van der Waals surface area contributed by atoms with Gasteiger partial charge < -0.3 is 20.3 Å². The first-order valence-corrected chi connectivity index (χ1v) is 6.48. The quantitative estimate of drug-likeness (QED) is 0.736. The molecule has 0 radical (unpaired) electrons. The largest absolute Gasteiger partial charge is 0.379 e. The minimum Gasteiger partial charge on any atom is -0.379 e. The lowest BCUT2D eigenvalue weighted by molar-refractivity contribution is 0.169. The van der Waals surface area contributed by atoms with Crippen LogP contribution in [0.25, 0.3) is 0 Å². The van der Waals surface area contributed by atoms with Crippen molar-refractivity contribution in [2.24, 2.45) is 5.92 Å². The fourth-order valence-corrected chi connectivity index (χ4v) is 2.61. The van der Waals surface area contributed by atoms with E-state index in [2.05, 4.69) is 29.5 Å². The van der Waals surface area contributed by atoms with Crippen molar-refractivity contribution in [3.8, 4) is 0 Å². The van der Waals surface area contributed by atoms with Gasteiger partial charge in [0.15, 0.2) is 0 Å². The van der Waals surface area contributed by atoms with Gasteiger partial charge in [0.25, 0.3) is 0 Å². The third kappa shape index (κ3) is 3.57. The normalized spacial score (nSPS) is 34.6. The van der Waals surface area contributed by atoms with Gasteiger partial charge in [0.1, 0.15) is 0 Å². The van der Waals surface area contributed by atoms with Crippen LogP contribution in [0.2, 0.25) is 0 Å². The number of ether oxygens (including phenoxy) is 1. The van der Waals surface area contributed by atoms with E-state index in [1.807, 2.05) is 0 Å². The Bertz CT molecular complexity index is 266. The zero-order chi connectivity index (χ0) is 12.3. The second-order valence-electron chi connectivity index (χ2n) is 5.31. The van der Waals surface area contributed by atoms with Gasteiger partial charge in [-0.05, 0) is 32.4 Å². The smallest absolute Gasteiger partial charge is 0.315 e. The molecule has 0 saturated carbocycles. The van der Waals surface area contributed by atoms with Gasteiger partial charge >= 0.3 is 6.03 Å². The van der Waals surface area contributed by atoms with E-state index in [-0.39, 0.29) is 12.1 Å². The lowest BCUT2D eigenvalue weighted by Crippen LogP contribution is -2.53. The molecule has 2 aliphatic rings. The molecule has 2 fully saturated rings. The molecule has 0 aliphatic carbocycles. The Hall–Kier alpha value is -0.810. The molecule has 2 aliphatic heterocycles. The molecule has 5 heteroatoms. The van der Waals surface area contributed by atoms with Gasteiger partial charge in [-0.3, -0.25) is 0 Å². The Morgan fingerprint density at radius 3 is 2.82 bits per heavy atom. The van der Waals surface area contributed by atoms with E-state index in [0.29, 0.717) is 18.6 Å². The molecule has 0 aromatic heterocycles. The summed E-state index contributed by atoms with van der Waals surface area (Å²) in [5.74, 6) is 0.513. The van der Waals surface area contributed by atoms with E-state index >= 15 is 0 Å². The maximum atomic E-state index is 11.8. The number of carbonyl (C=O) groups is 1. The summed E-state index contributed by atoms with van der Waals surface area (Å²) in [5, 5.41) is 6.05. The molecular weight excluding hydrogens is 218 g/mol. The van der Waals surface area contributed by atoms with Crippen molar-refractivity contribution in [2.75, 3.05) is 33.4 Å². The van der Waals surface area contributed by atoms with Crippen LogP contribution in [0.3, 0.4) is 0 Å². The van der Waals surface area contributed by atoms with Crippen molar-refractivity contribution < 1.29 is 9.53 Å². The average molecular weight is 241 g/mol. The highest BCUT2D eigenvalue weighted by molar-refractivity contribution is 5.74. The van der Waals surface area contributed by atoms with Crippen molar-refractivity contribution >= 4 is 6.03 Å². The van der Waals surface area contributed by atoms with E-state index in [9.17, 15) is 4.79 Å². The number of amides is 2. The number of urea groups is 1. The monoisotopic (exact) mass is 241 g/mol. The topological polar surface area (TPSA) is 53.6 Å². The summed E-state index contributed by atoms with van der Waals surface area (Å²) in [7, 11) is 2.13. The fraction of sp³-hybridized carbons (Fsp3) is 0.917. The molecule has 98 valence electrons. The van der Waals surface area contributed by atoms with Crippen LogP contribution >= 0.6 is 0 Å². The van der Waals surface area contributed by atoms with E-state index in [4.69, 9.17) is 4.74 Å². The van der Waals surface area contributed by atoms with Gasteiger partial charge in [-0.25, -0.2) is 4.79 Å². The summed E-state index contributed by atoms with van der Waals surface area (Å²) in [6.45, 7) is 5.71. The average Bonchev–Trinajstić information content (AvgIpc) is 2.75. The molecule has 2 heterocycles. The Morgan fingerprint density at radius 1 is 1.35 bits per heavy atom. The van der Waals surface area contributed by atoms with E-state index in [1.165, 1.54) is 0 Å². The molecule has 5 nitrogen and oxygen atoms in total. The van der Waals surface area contributed by atoms with Gasteiger partial charge in [-0.1, -0.05) is 6.92 Å². The SMILES string of the molecule is CC1CN(C)CCC1NC(=O)NC1CCOC1. The summed E-state index contributed by atoms with van der Waals surface area (Å²) >= 11 is 0. The summed E-state index contributed by atoms with van der Waals surface area (Å²) < 4.78 is 5.23. The third-order valence-corrected chi connectivity index (χ3v) is 3.69. The zero-order valence-corrected chi connectivity index (χ0v) is 10.7. The molecular formula is C12H23N3O2. The lowest BCUT2D eigenvalue weighted by Gasteiger charge is -2.35. The van der Waals surface area contributed by atoms with Crippen LogP contribution in [0.1, 0.15) is 19.8 Å². The number of hydrogen-bond donors (Lipinski definition) is 2. The number of rotatable bonds is 2. The van der Waals surface area contributed by atoms with Crippen LogP contribution in [-0.4, -0.2) is 56.4 Å². The molecule has 3 unspecified atom stereocenters. The molecule has 0 aromatic carbocycles. The van der Waals surface area contributed by atoms with Crippen LogP contribution in [-0.2, 0) is 4.74 Å². The first kappa shape index (κ1) is 12.6. The number of nitrogens with zero attached hydrogens (tertiary/aromatic N) is 1. The number of likely N-dealkylation sites (tertiary alicyclic amines) is 1. The van der Waals surface area contributed by atoms with Crippen LogP contribution in [0.5, 0.6) is 0 Å². The van der Waals surface area contributed by atoms with Gasteiger partial charge in [0.05, 0.1) is 12.6 Å². The van der Waals surface area contributed by atoms with E-state index < -0.39 is 0 Å². The van der Waals surface area contributed by atoms with Crippen molar-refractivity contribution in [1.82, 2.24) is 15.5 Å². The summed E-state index contributed by atoms with van der Waals surface area (Å²) in [6.07, 6.45) is 1.96. The maximum Gasteiger partial charge on any atom is 0.315 e. The first-order valence-electron chi connectivity index (χ1n) is 6.48. The van der Waals surface area contributed by atoms with Gasteiger partial charge in [-0.15, -0.1) is 0 Å². The van der Waals surface area contributed by atoms with Crippen LogP contribution in [0, 0.1) is 5.92 Å².